The van der Waals surface area contributed by atoms with Crippen LogP contribution in [-0.4, -0.2) is 36.5 Å². The number of amides is 2. The van der Waals surface area contributed by atoms with E-state index < -0.39 is 18.5 Å². The van der Waals surface area contributed by atoms with Gasteiger partial charge in [0.2, 0.25) is 5.91 Å². The van der Waals surface area contributed by atoms with Crippen molar-refractivity contribution in [1.82, 2.24) is 4.98 Å². The molecule has 0 aliphatic heterocycles. The molecule has 2 heterocycles. The normalized spacial score (nSPS) is 10.3. The number of methoxy groups -OCH3 is 1. The average molecular weight is 446 g/mol. The van der Waals surface area contributed by atoms with E-state index in [0.29, 0.717) is 22.8 Å². The first-order valence-electron chi connectivity index (χ1n) is 8.84. The highest BCUT2D eigenvalue weighted by atomic mass is 32.1. The number of carbonyl (C=O) groups is 3. The maximum absolute atomic E-state index is 12.2. The molecule has 0 radical (unpaired) electrons. The topological polar surface area (TPSA) is 107 Å². The number of hydrogen-bond acceptors (Lipinski definition) is 8. The molecule has 0 spiro atoms. The van der Waals surface area contributed by atoms with Gasteiger partial charge in [0.25, 0.3) is 5.91 Å². The fourth-order valence-electron chi connectivity index (χ4n) is 2.52. The van der Waals surface area contributed by atoms with Crippen LogP contribution in [0.25, 0.3) is 9.88 Å². The van der Waals surface area contributed by atoms with Gasteiger partial charge >= 0.3 is 5.97 Å². The number of aromatic nitrogens is 1. The van der Waals surface area contributed by atoms with E-state index in [1.807, 2.05) is 17.5 Å². The van der Waals surface area contributed by atoms with Crippen LogP contribution in [0.5, 0.6) is 5.75 Å². The molecule has 0 saturated carbocycles. The maximum Gasteiger partial charge on any atom is 0.312 e. The van der Waals surface area contributed by atoms with Crippen molar-refractivity contribution in [3.63, 3.8) is 0 Å². The molecule has 2 N–H and O–H groups in total. The molecular formula is C20H19N3O5S2. The summed E-state index contributed by atoms with van der Waals surface area (Å²) in [5, 5.41) is 9.84. The molecule has 0 aliphatic carbocycles. The van der Waals surface area contributed by atoms with Crippen molar-refractivity contribution in [2.24, 2.45) is 0 Å². The SMILES string of the molecule is COc1ccc(NC(C)=O)cc1NC(=O)COC(=O)Cc1csc(-c2cccs2)n1. The molecule has 156 valence electrons. The lowest BCUT2D eigenvalue weighted by Gasteiger charge is -2.12. The van der Waals surface area contributed by atoms with Gasteiger partial charge in [0.15, 0.2) is 6.61 Å². The van der Waals surface area contributed by atoms with Crippen molar-refractivity contribution in [3.8, 4) is 15.6 Å². The Morgan fingerprint density at radius 3 is 2.67 bits per heavy atom. The standard InChI is InChI=1S/C20H19N3O5S2/c1-12(24)21-13-5-6-16(27-2)15(8-13)23-18(25)10-28-19(26)9-14-11-30-20(22-14)17-4-3-7-29-17/h3-8,11H,9-10H2,1-2H3,(H,21,24)(H,23,25). The molecule has 0 atom stereocenters. The zero-order valence-electron chi connectivity index (χ0n) is 16.3. The zero-order valence-corrected chi connectivity index (χ0v) is 17.9. The van der Waals surface area contributed by atoms with Crippen molar-refractivity contribution in [3.05, 3.63) is 46.8 Å². The summed E-state index contributed by atoms with van der Waals surface area (Å²) in [4.78, 5) is 40.9. The largest absolute Gasteiger partial charge is 0.495 e. The van der Waals surface area contributed by atoms with E-state index >= 15 is 0 Å². The van der Waals surface area contributed by atoms with E-state index in [-0.39, 0.29) is 12.3 Å². The number of thiazole rings is 1. The number of nitrogens with one attached hydrogen (secondary N) is 2. The van der Waals surface area contributed by atoms with Crippen molar-refractivity contribution in [2.75, 3.05) is 24.4 Å². The Labute approximate surface area is 180 Å². The first-order chi connectivity index (χ1) is 14.4. The molecule has 3 rings (SSSR count). The third-order valence-electron chi connectivity index (χ3n) is 3.77. The number of carbonyl (C=O) groups excluding carboxylic acids is 3. The van der Waals surface area contributed by atoms with Crippen LogP contribution < -0.4 is 15.4 Å². The van der Waals surface area contributed by atoms with E-state index in [2.05, 4.69) is 15.6 Å². The van der Waals surface area contributed by atoms with Gasteiger partial charge in [-0.1, -0.05) is 6.07 Å². The summed E-state index contributed by atoms with van der Waals surface area (Å²) in [6.07, 6.45) is -0.0174. The van der Waals surface area contributed by atoms with E-state index in [9.17, 15) is 14.4 Å². The molecule has 10 heteroatoms. The monoisotopic (exact) mass is 445 g/mol. The van der Waals surface area contributed by atoms with Crippen molar-refractivity contribution >= 4 is 51.8 Å². The molecule has 8 nitrogen and oxygen atoms in total. The molecule has 0 bridgehead atoms. The minimum absolute atomic E-state index is 0.0174. The first-order valence-corrected chi connectivity index (χ1v) is 10.6. The molecule has 2 amide bonds. The number of nitrogens with zero attached hydrogens (tertiary/aromatic N) is 1. The summed E-state index contributed by atoms with van der Waals surface area (Å²) in [6.45, 7) is 0.932. The second kappa shape index (κ2) is 9.99. The van der Waals surface area contributed by atoms with E-state index in [1.54, 1.807) is 34.9 Å². The maximum atomic E-state index is 12.2. The van der Waals surface area contributed by atoms with Gasteiger partial charge in [-0.25, -0.2) is 4.98 Å². The lowest BCUT2D eigenvalue weighted by atomic mass is 10.2. The van der Waals surface area contributed by atoms with Gasteiger partial charge in [-0.2, -0.15) is 0 Å². The number of thiophene rings is 1. The summed E-state index contributed by atoms with van der Waals surface area (Å²) in [6, 6.07) is 8.72. The summed E-state index contributed by atoms with van der Waals surface area (Å²) >= 11 is 3.03. The van der Waals surface area contributed by atoms with Crippen LogP contribution in [0.3, 0.4) is 0 Å². The van der Waals surface area contributed by atoms with Gasteiger partial charge in [-0.05, 0) is 29.6 Å². The van der Waals surface area contributed by atoms with Gasteiger partial charge in [0.05, 0.1) is 29.8 Å². The van der Waals surface area contributed by atoms with Crippen molar-refractivity contribution in [1.29, 1.82) is 0 Å². The summed E-state index contributed by atoms with van der Waals surface area (Å²) in [7, 11) is 1.46. The molecule has 0 aliphatic rings. The highest BCUT2D eigenvalue weighted by molar-refractivity contribution is 7.20. The van der Waals surface area contributed by atoms with Gasteiger partial charge in [0, 0.05) is 18.0 Å². The Bertz CT molecular complexity index is 1050. The fraction of sp³-hybridized carbons (Fsp3) is 0.200. The predicted octanol–water partition coefficient (Wildman–Crippen LogP) is 3.56. The molecule has 0 fully saturated rings. The van der Waals surface area contributed by atoms with Gasteiger partial charge < -0.3 is 20.1 Å². The van der Waals surface area contributed by atoms with E-state index in [1.165, 1.54) is 25.4 Å². The quantitative estimate of drug-likeness (QED) is 0.514. The number of benzene rings is 1. The molecule has 2 aromatic heterocycles. The Kier molecular flexibility index (Phi) is 7.15. The Morgan fingerprint density at radius 1 is 1.13 bits per heavy atom. The highest BCUT2D eigenvalue weighted by Crippen LogP contribution is 2.29. The van der Waals surface area contributed by atoms with Crippen LogP contribution in [0.1, 0.15) is 12.6 Å². The van der Waals surface area contributed by atoms with Crippen LogP contribution in [0.4, 0.5) is 11.4 Å². The third-order valence-corrected chi connectivity index (χ3v) is 5.70. The van der Waals surface area contributed by atoms with E-state index in [0.717, 1.165) is 9.88 Å². The smallest absolute Gasteiger partial charge is 0.312 e. The number of anilines is 2. The number of rotatable bonds is 8. The molecule has 30 heavy (non-hydrogen) atoms. The molecule has 0 unspecified atom stereocenters. The number of ether oxygens (including phenoxy) is 2. The predicted molar refractivity (Wildman–Crippen MR) is 116 cm³/mol. The van der Waals surface area contributed by atoms with Gasteiger partial charge in [-0.15, -0.1) is 22.7 Å². The number of esters is 1. The minimum Gasteiger partial charge on any atom is -0.495 e. The highest BCUT2D eigenvalue weighted by Gasteiger charge is 2.14. The average Bonchev–Trinajstić information content (AvgIpc) is 3.38. The second-order valence-corrected chi connectivity index (χ2v) is 7.91. The van der Waals surface area contributed by atoms with Crippen molar-refractivity contribution < 1.29 is 23.9 Å². The fourth-order valence-corrected chi connectivity index (χ4v) is 4.15. The Hall–Kier alpha value is -3.24. The van der Waals surface area contributed by atoms with Crippen LogP contribution in [0.2, 0.25) is 0 Å². The van der Waals surface area contributed by atoms with Crippen molar-refractivity contribution in [2.45, 2.75) is 13.3 Å². The molecule has 0 saturated heterocycles. The second-order valence-electron chi connectivity index (χ2n) is 6.10. The molecular weight excluding hydrogens is 426 g/mol. The minimum atomic E-state index is -0.549. The molecule has 3 aromatic rings. The zero-order chi connectivity index (χ0) is 21.5. The summed E-state index contributed by atoms with van der Waals surface area (Å²) in [5.41, 5.74) is 1.45. The van der Waals surface area contributed by atoms with Gasteiger partial charge in [-0.3, -0.25) is 14.4 Å². The summed E-state index contributed by atoms with van der Waals surface area (Å²) < 4.78 is 10.3. The van der Waals surface area contributed by atoms with E-state index in [4.69, 9.17) is 9.47 Å². The summed E-state index contributed by atoms with van der Waals surface area (Å²) in [5.74, 6) is -0.908. The Morgan fingerprint density at radius 2 is 1.97 bits per heavy atom. The van der Waals surface area contributed by atoms with Crippen LogP contribution >= 0.6 is 22.7 Å². The lowest BCUT2D eigenvalue weighted by Crippen LogP contribution is -2.22. The lowest BCUT2D eigenvalue weighted by molar-refractivity contribution is -0.146. The molecule has 1 aromatic carbocycles. The van der Waals surface area contributed by atoms with Crippen LogP contribution in [-0.2, 0) is 25.5 Å². The number of hydrogen-bond donors (Lipinski definition) is 2. The Balaban J connectivity index is 1.53. The van der Waals surface area contributed by atoms with Crippen LogP contribution in [0.15, 0.2) is 41.1 Å². The van der Waals surface area contributed by atoms with Gasteiger partial charge in [0.1, 0.15) is 10.8 Å². The van der Waals surface area contributed by atoms with Crippen LogP contribution in [0, 0.1) is 0 Å². The third kappa shape index (κ3) is 5.88. The first kappa shape index (κ1) is 21.5.